The lowest BCUT2D eigenvalue weighted by Crippen LogP contribution is -2.50. The van der Waals surface area contributed by atoms with E-state index in [-0.39, 0.29) is 19.0 Å². The summed E-state index contributed by atoms with van der Waals surface area (Å²) >= 11 is 0. The van der Waals surface area contributed by atoms with E-state index in [9.17, 15) is 14.0 Å². The summed E-state index contributed by atoms with van der Waals surface area (Å²) < 4.78 is 13.0. The van der Waals surface area contributed by atoms with Crippen LogP contribution in [0.5, 0.6) is 0 Å². The van der Waals surface area contributed by atoms with E-state index in [1.54, 1.807) is 6.07 Å². The molecule has 0 spiro atoms. The van der Waals surface area contributed by atoms with Crippen LogP contribution >= 0.6 is 0 Å². The number of piperazine rings is 1. The number of carbonyl (C=O) groups excluding carboxylic acids is 1. The molecule has 1 fully saturated rings. The first-order chi connectivity index (χ1) is 8.58. The van der Waals surface area contributed by atoms with Gasteiger partial charge < -0.3 is 14.9 Å². The minimum atomic E-state index is -0.979. The van der Waals surface area contributed by atoms with Crippen molar-refractivity contribution in [2.75, 3.05) is 26.2 Å². The third-order valence-corrected chi connectivity index (χ3v) is 2.91. The Kier molecular flexibility index (Phi) is 3.45. The molecule has 1 aliphatic rings. The molecule has 1 aliphatic heterocycles. The Morgan fingerprint density at radius 3 is 2.28 bits per heavy atom. The molecule has 96 valence electrons. The van der Waals surface area contributed by atoms with Crippen LogP contribution in [0.25, 0.3) is 0 Å². The number of amides is 2. The van der Waals surface area contributed by atoms with Gasteiger partial charge in [0.25, 0.3) is 5.91 Å². The standard InChI is InChI=1S/C12H13FN2O3/c13-10-3-1-2-9(8-10)11(16)14-4-6-15(7-5-14)12(17)18/h1-3,8H,4-7H2,(H,17,18). The number of rotatable bonds is 1. The molecule has 1 aromatic carbocycles. The average molecular weight is 252 g/mol. The molecule has 18 heavy (non-hydrogen) atoms. The van der Waals surface area contributed by atoms with Crippen molar-refractivity contribution in [1.29, 1.82) is 0 Å². The van der Waals surface area contributed by atoms with Crippen molar-refractivity contribution < 1.29 is 19.1 Å². The number of hydrogen-bond acceptors (Lipinski definition) is 2. The Morgan fingerprint density at radius 2 is 1.72 bits per heavy atom. The number of nitrogens with zero attached hydrogens (tertiary/aromatic N) is 2. The number of benzene rings is 1. The van der Waals surface area contributed by atoms with Crippen molar-refractivity contribution in [3.63, 3.8) is 0 Å². The van der Waals surface area contributed by atoms with Crippen LogP contribution in [0, 0.1) is 5.82 Å². The summed E-state index contributed by atoms with van der Waals surface area (Å²) in [6, 6.07) is 5.50. The molecule has 0 aromatic heterocycles. The van der Waals surface area contributed by atoms with E-state index >= 15 is 0 Å². The molecule has 0 aliphatic carbocycles. The highest BCUT2D eigenvalue weighted by Crippen LogP contribution is 2.10. The normalized spacial score (nSPS) is 15.6. The van der Waals surface area contributed by atoms with Gasteiger partial charge in [-0.05, 0) is 18.2 Å². The van der Waals surface area contributed by atoms with Crippen LogP contribution in [0.1, 0.15) is 10.4 Å². The van der Waals surface area contributed by atoms with E-state index in [4.69, 9.17) is 5.11 Å². The minimum absolute atomic E-state index is 0.264. The van der Waals surface area contributed by atoms with Crippen molar-refractivity contribution in [3.8, 4) is 0 Å². The molecular formula is C12H13FN2O3. The van der Waals surface area contributed by atoms with E-state index in [1.807, 2.05) is 0 Å². The Labute approximate surface area is 103 Å². The van der Waals surface area contributed by atoms with Crippen molar-refractivity contribution in [2.45, 2.75) is 0 Å². The van der Waals surface area contributed by atoms with Gasteiger partial charge in [-0.15, -0.1) is 0 Å². The topological polar surface area (TPSA) is 60.9 Å². The monoisotopic (exact) mass is 252 g/mol. The van der Waals surface area contributed by atoms with Crippen LogP contribution < -0.4 is 0 Å². The fraction of sp³-hybridized carbons (Fsp3) is 0.333. The molecule has 2 rings (SSSR count). The van der Waals surface area contributed by atoms with Gasteiger partial charge in [-0.2, -0.15) is 0 Å². The second-order valence-corrected chi connectivity index (χ2v) is 4.07. The van der Waals surface area contributed by atoms with Crippen molar-refractivity contribution in [2.24, 2.45) is 0 Å². The summed E-state index contributed by atoms with van der Waals surface area (Å²) in [5.41, 5.74) is 0.291. The molecule has 0 unspecified atom stereocenters. The minimum Gasteiger partial charge on any atom is -0.465 e. The summed E-state index contributed by atoms with van der Waals surface area (Å²) in [7, 11) is 0. The molecule has 5 nitrogen and oxygen atoms in total. The smallest absolute Gasteiger partial charge is 0.407 e. The van der Waals surface area contributed by atoms with Gasteiger partial charge >= 0.3 is 6.09 Å². The molecular weight excluding hydrogens is 239 g/mol. The number of halogens is 1. The molecule has 0 saturated carbocycles. The molecule has 0 radical (unpaired) electrons. The molecule has 0 atom stereocenters. The average Bonchev–Trinajstić information content (AvgIpc) is 2.38. The molecule has 0 bridgehead atoms. The first kappa shape index (κ1) is 12.3. The second-order valence-electron chi connectivity index (χ2n) is 4.07. The van der Waals surface area contributed by atoms with Gasteiger partial charge in [-0.1, -0.05) is 6.07 Å². The number of carbonyl (C=O) groups is 2. The number of hydrogen-bond donors (Lipinski definition) is 1. The van der Waals surface area contributed by atoms with E-state index < -0.39 is 11.9 Å². The fourth-order valence-corrected chi connectivity index (χ4v) is 1.90. The number of carboxylic acid groups (broad SMARTS) is 1. The van der Waals surface area contributed by atoms with Crippen LogP contribution in [0.3, 0.4) is 0 Å². The van der Waals surface area contributed by atoms with Gasteiger partial charge in [0.1, 0.15) is 5.82 Å². The van der Waals surface area contributed by atoms with Gasteiger partial charge in [-0.25, -0.2) is 9.18 Å². The highest BCUT2D eigenvalue weighted by Gasteiger charge is 2.24. The molecule has 2 amide bonds. The third kappa shape index (κ3) is 2.58. The summed E-state index contributed by atoms with van der Waals surface area (Å²) in [4.78, 5) is 25.5. The van der Waals surface area contributed by atoms with Crippen LogP contribution in [0.4, 0.5) is 9.18 Å². The lowest BCUT2D eigenvalue weighted by molar-refractivity contribution is 0.0624. The summed E-state index contributed by atoms with van der Waals surface area (Å²) in [5.74, 6) is -0.718. The van der Waals surface area contributed by atoms with Crippen LogP contribution in [-0.2, 0) is 0 Å². The maximum atomic E-state index is 13.0. The zero-order chi connectivity index (χ0) is 13.1. The van der Waals surface area contributed by atoms with E-state index in [1.165, 1.54) is 28.0 Å². The Bertz CT molecular complexity index is 470. The van der Waals surface area contributed by atoms with Gasteiger partial charge in [-0.3, -0.25) is 4.79 Å². The van der Waals surface area contributed by atoms with Crippen molar-refractivity contribution >= 4 is 12.0 Å². The Morgan fingerprint density at radius 1 is 1.11 bits per heavy atom. The highest BCUT2D eigenvalue weighted by atomic mass is 19.1. The predicted molar refractivity (Wildman–Crippen MR) is 61.9 cm³/mol. The fourth-order valence-electron chi connectivity index (χ4n) is 1.90. The highest BCUT2D eigenvalue weighted by molar-refractivity contribution is 5.94. The zero-order valence-corrected chi connectivity index (χ0v) is 9.67. The zero-order valence-electron chi connectivity index (χ0n) is 9.67. The lowest BCUT2D eigenvalue weighted by Gasteiger charge is -2.33. The maximum Gasteiger partial charge on any atom is 0.407 e. The van der Waals surface area contributed by atoms with Gasteiger partial charge in [0, 0.05) is 31.7 Å². The lowest BCUT2D eigenvalue weighted by atomic mass is 10.2. The van der Waals surface area contributed by atoms with Crippen LogP contribution in [-0.4, -0.2) is 53.1 Å². The summed E-state index contributed by atoms with van der Waals surface area (Å²) in [6.07, 6.45) is -0.979. The molecule has 1 aromatic rings. The Balaban J connectivity index is 2.02. The largest absolute Gasteiger partial charge is 0.465 e. The van der Waals surface area contributed by atoms with Crippen LogP contribution in [0.2, 0.25) is 0 Å². The first-order valence-electron chi connectivity index (χ1n) is 5.60. The first-order valence-corrected chi connectivity index (χ1v) is 5.60. The Hall–Kier alpha value is -2.11. The molecule has 1 heterocycles. The molecule has 1 N–H and O–H groups in total. The van der Waals surface area contributed by atoms with E-state index in [2.05, 4.69) is 0 Å². The predicted octanol–water partition coefficient (Wildman–Crippen LogP) is 1.26. The maximum absolute atomic E-state index is 13.0. The summed E-state index contributed by atoms with van der Waals surface area (Å²) in [5, 5.41) is 8.79. The van der Waals surface area contributed by atoms with Gasteiger partial charge in [0.2, 0.25) is 0 Å². The van der Waals surface area contributed by atoms with Crippen LogP contribution in [0.15, 0.2) is 24.3 Å². The molecule has 6 heteroatoms. The van der Waals surface area contributed by atoms with E-state index in [0.717, 1.165) is 0 Å². The SMILES string of the molecule is O=C(O)N1CCN(C(=O)c2cccc(F)c2)CC1. The molecule has 1 saturated heterocycles. The third-order valence-electron chi connectivity index (χ3n) is 2.91. The van der Waals surface area contributed by atoms with Crippen molar-refractivity contribution in [1.82, 2.24) is 9.80 Å². The second kappa shape index (κ2) is 5.03. The van der Waals surface area contributed by atoms with E-state index in [0.29, 0.717) is 18.7 Å². The van der Waals surface area contributed by atoms with Crippen molar-refractivity contribution in [3.05, 3.63) is 35.6 Å². The quantitative estimate of drug-likeness (QED) is 0.818. The summed E-state index contributed by atoms with van der Waals surface area (Å²) in [6.45, 7) is 1.25. The van der Waals surface area contributed by atoms with Gasteiger partial charge in [0.05, 0.1) is 0 Å². The van der Waals surface area contributed by atoms with Gasteiger partial charge in [0.15, 0.2) is 0 Å².